The SMILES string of the molecule is CC(NCc1ccc(OCc2ccccn2)c2c1OCO2)C(N)=O. The Balaban J connectivity index is 1.71. The summed E-state index contributed by atoms with van der Waals surface area (Å²) in [7, 11) is 0. The molecule has 1 aromatic heterocycles. The van der Waals surface area contributed by atoms with Crippen LogP contribution in [0.15, 0.2) is 36.5 Å². The van der Waals surface area contributed by atoms with Crippen LogP contribution in [0.2, 0.25) is 0 Å². The maximum atomic E-state index is 11.1. The van der Waals surface area contributed by atoms with Gasteiger partial charge in [-0.25, -0.2) is 0 Å². The summed E-state index contributed by atoms with van der Waals surface area (Å²) in [5.41, 5.74) is 6.95. The normalized spacial score (nSPS) is 13.5. The first-order valence-electron chi connectivity index (χ1n) is 7.62. The average Bonchev–Trinajstić information content (AvgIpc) is 3.09. The van der Waals surface area contributed by atoms with Crippen molar-refractivity contribution in [2.75, 3.05) is 6.79 Å². The number of primary amides is 1. The van der Waals surface area contributed by atoms with Crippen LogP contribution in [0, 0.1) is 0 Å². The Kier molecular flexibility index (Phi) is 4.81. The van der Waals surface area contributed by atoms with Crippen LogP contribution in [0.4, 0.5) is 0 Å². The van der Waals surface area contributed by atoms with Gasteiger partial charge in [0.05, 0.1) is 11.7 Å². The number of ether oxygens (including phenoxy) is 3. The Morgan fingerprint density at radius 3 is 2.92 bits per heavy atom. The van der Waals surface area contributed by atoms with E-state index in [0.717, 1.165) is 11.3 Å². The van der Waals surface area contributed by atoms with E-state index in [-0.39, 0.29) is 6.79 Å². The topological polar surface area (TPSA) is 95.7 Å². The van der Waals surface area contributed by atoms with E-state index in [2.05, 4.69) is 10.3 Å². The lowest BCUT2D eigenvalue weighted by molar-refractivity contribution is -0.119. The van der Waals surface area contributed by atoms with Gasteiger partial charge in [0.25, 0.3) is 0 Å². The third kappa shape index (κ3) is 3.57. The molecule has 0 spiro atoms. The summed E-state index contributed by atoms with van der Waals surface area (Å²) in [6.45, 7) is 2.63. The van der Waals surface area contributed by atoms with E-state index in [9.17, 15) is 4.79 Å². The monoisotopic (exact) mass is 329 g/mol. The fourth-order valence-corrected chi connectivity index (χ4v) is 2.28. The molecule has 0 aliphatic carbocycles. The maximum Gasteiger partial charge on any atom is 0.234 e. The zero-order valence-electron chi connectivity index (χ0n) is 13.3. The second-order valence-electron chi connectivity index (χ2n) is 5.40. The zero-order valence-corrected chi connectivity index (χ0v) is 13.3. The molecule has 0 bridgehead atoms. The molecule has 126 valence electrons. The van der Waals surface area contributed by atoms with Crippen LogP contribution in [-0.2, 0) is 17.9 Å². The molecule has 3 rings (SSSR count). The minimum absolute atomic E-state index is 0.137. The highest BCUT2D eigenvalue weighted by Crippen LogP contribution is 2.43. The molecule has 2 aromatic rings. The van der Waals surface area contributed by atoms with Gasteiger partial charge >= 0.3 is 0 Å². The van der Waals surface area contributed by atoms with Crippen LogP contribution in [0.25, 0.3) is 0 Å². The van der Waals surface area contributed by atoms with Crippen LogP contribution in [0.3, 0.4) is 0 Å². The second kappa shape index (κ2) is 7.18. The van der Waals surface area contributed by atoms with Crippen LogP contribution in [-0.4, -0.2) is 23.7 Å². The molecule has 0 saturated carbocycles. The number of carbonyl (C=O) groups is 1. The molecule has 1 aromatic carbocycles. The first-order chi connectivity index (χ1) is 11.6. The summed E-state index contributed by atoms with van der Waals surface area (Å²) < 4.78 is 16.9. The van der Waals surface area contributed by atoms with Crippen molar-refractivity contribution in [1.29, 1.82) is 0 Å². The molecule has 2 heterocycles. The van der Waals surface area contributed by atoms with E-state index in [1.165, 1.54) is 0 Å². The number of nitrogens with one attached hydrogen (secondary N) is 1. The molecule has 1 atom stereocenters. The number of hydrogen-bond acceptors (Lipinski definition) is 6. The van der Waals surface area contributed by atoms with Gasteiger partial charge in [-0.15, -0.1) is 0 Å². The molecule has 0 radical (unpaired) electrons. The molecule has 0 saturated heterocycles. The lowest BCUT2D eigenvalue weighted by Crippen LogP contribution is -2.38. The van der Waals surface area contributed by atoms with Crippen molar-refractivity contribution < 1.29 is 19.0 Å². The Morgan fingerprint density at radius 1 is 1.33 bits per heavy atom. The molecule has 1 aliphatic heterocycles. The number of benzene rings is 1. The lowest BCUT2D eigenvalue weighted by atomic mass is 10.1. The van der Waals surface area contributed by atoms with E-state index < -0.39 is 11.9 Å². The number of pyridine rings is 1. The fourth-order valence-electron chi connectivity index (χ4n) is 2.28. The van der Waals surface area contributed by atoms with Gasteiger partial charge in [-0.1, -0.05) is 12.1 Å². The summed E-state index contributed by atoms with van der Waals surface area (Å²) in [5, 5.41) is 3.04. The highest BCUT2D eigenvalue weighted by molar-refractivity contribution is 5.79. The van der Waals surface area contributed by atoms with E-state index in [4.69, 9.17) is 19.9 Å². The number of carbonyl (C=O) groups excluding carboxylic acids is 1. The number of rotatable bonds is 7. The van der Waals surface area contributed by atoms with Crippen LogP contribution in [0.1, 0.15) is 18.2 Å². The summed E-state index contributed by atoms with van der Waals surface area (Å²) in [6, 6.07) is 8.92. The van der Waals surface area contributed by atoms with Crippen molar-refractivity contribution in [1.82, 2.24) is 10.3 Å². The predicted octanol–water partition coefficient (Wildman–Crippen LogP) is 1.35. The lowest BCUT2D eigenvalue weighted by Gasteiger charge is -2.13. The molecular weight excluding hydrogens is 310 g/mol. The van der Waals surface area contributed by atoms with Gasteiger partial charge in [0, 0.05) is 18.3 Å². The highest BCUT2D eigenvalue weighted by atomic mass is 16.7. The van der Waals surface area contributed by atoms with Crippen LogP contribution < -0.4 is 25.3 Å². The van der Waals surface area contributed by atoms with Gasteiger partial charge in [0.1, 0.15) is 6.61 Å². The first kappa shape index (κ1) is 16.1. The van der Waals surface area contributed by atoms with Crippen molar-refractivity contribution in [3.8, 4) is 17.2 Å². The number of nitrogens with two attached hydrogens (primary N) is 1. The number of amides is 1. The molecular formula is C17H19N3O4. The second-order valence-corrected chi connectivity index (χ2v) is 5.40. The minimum atomic E-state index is -0.428. The Bertz CT molecular complexity index is 721. The van der Waals surface area contributed by atoms with Gasteiger partial charge in [-0.05, 0) is 25.1 Å². The fraction of sp³-hybridized carbons (Fsp3) is 0.294. The van der Waals surface area contributed by atoms with Crippen molar-refractivity contribution in [3.05, 3.63) is 47.8 Å². The largest absolute Gasteiger partial charge is 0.483 e. The molecule has 24 heavy (non-hydrogen) atoms. The maximum absolute atomic E-state index is 11.1. The number of nitrogens with zero attached hydrogens (tertiary/aromatic N) is 1. The van der Waals surface area contributed by atoms with E-state index in [0.29, 0.717) is 30.4 Å². The van der Waals surface area contributed by atoms with Crippen molar-refractivity contribution in [2.45, 2.75) is 26.1 Å². The summed E-state index contributed by atoms with van der Waals surface area (Å²) >= 11 is 0. The average molecular weight is 329 g/mol. The van der Waals surface area contributed by atoms with E-state index in [1.54, 1.807) is 13.1 Å². The Labute approximate surface area is 139 Å². The van der Waals surface area contributed by atoms with E-state index in [1.807, 2.05) is 30.3 Å². The molecule has 0 fully saturated rings. The number of hydrogen-bond donors (Lipinski definition) is 2. The van der Waals surface area contributed by atoms with Gasteiger partial charge in [0.15, 0.2) is 11.5 Å². The molecule has 1 aliphatic rings. The molecule has 7 nitrogen and oxygen atoms in total. The third-order valence-electron chi connectivity index (χ3n) is 3.69. The van der Waals surface area contributed by atoms with Crippen molar-refractivity contribution in [2.24, 2.45) is 5.73 Å². The van der Waals surface area contributed by atoms with Gasteiger partial charge in [-0.3, -0.25) is 9.78 Å². The molecule has 7 heteroatoms. The molecule has 1 amide bonds. The number of aromatic nitrogens is 1. The van der Waals surface area contributed by atoms with Gasteiger partial charge in [-0.2, -0.15) is 0 Å². The Morgan fingerprint density at radius 2 is 2.17 bits per heavy atom. The summed E-state index contributed by atoms with van der Waals surface area (Å²) in [6.07, 6.45) is 1.72. The minimum Gasteiger partial charge on any atom is -0.483 e. The standard InChI is InChI=1S/C17H19N3O4/c1-11(17(18)21)20-8-12-5-6-14(16-15(12)23-10-24-16)22-9-13-4-2-3-7-19-13/h2-7,11,20H,8-10H2,1H3,(H2,18,21). The molecule has 1 unspecified atom stereocenters. The summed E-state index contributed by atoms with van der Waals surface area (Å²) in [5.74, 6) is 1.38. The van der Waals surface area contributed by atoms with Crippen LogP contribution >= 0.6 is 0 Å². The summed E-state index contributed by atoms with van der Waals surface area (Å²) in [4.78, 5) is 15.3. The van der Waals surface area contributed by atoms with Crippen molar-refractivity contribution >= 4 is 5.91 Å². The van der Waals surface area contributed by atoms with Gasteiger partial charge < -0.3 is 25.3 Å². The number of fused-ring (bicyclic) bond motifs is 1. The highest BCUT2D eigenvalue weighted by Gasteiger charge is 2.23. The smallest absolute Gasteiger partial charge is 0.234 e. The molecule has 3 N–H and O–H groups in total. The predicted molar refractivity (Wildman–Crippen MR) is 86.6 cm³/mol. The Hall–Kier alpha value is -2.80. The van der Waals surface area contributed by atoms with Gasteiger partial charge in [0.2, 0.25) is 18.4 Å². The first-order valence-corrected chi connectivity index (χ1v) is 7.62. The zero-order chi connectivity index (χ0) is 16.9. The van der Waals surface area contributed by atoms with Crippen molar-refractivity contribution in [3.63, 3.8) is 0 Å². The third-order valence-corrected chi connectivity index (χ3v) is 3.69. The van der Waals surface area contributed by atoms with E-state index >= 15 is 0 Å². The quantitative estimate of drug-likeness (QED) is 0.796. The van der Waals surface area contributed by atoms with Crippen LogP contribution in [0.5, 0.6) is 17.2 Å².